The van der Waals surface area contributed by atoms with E-state index >= 15 is 0 Å². The zero-order valence-electron chi connectivity index (χ0n) is 12.8. The largest absolute Gasteiger partial charge is 0 e. The summed E-state index contributed by atoms with van der Waals surface area (Å²) in [4.78, 5) is 4.67. The quantitative estimate of drug-likeness (QED) is 0.450. The number of nitrogens with zero attached hydrogens (tertiary/aromatic N) is 1. The van der Waals surface area contributed by atoms with Gasteiger partial charge >= 0.3 is 119 Å². The van der Waals surface area contributed by atoms with Crippen molar-refractivity contribution in [2.75, 3.05) is 0 Å². The maximum absolute atomic E-state index is 4.67. The first kappa shape index (κ1) is 17.6. The van der Waals surface area contributed by atoms with Gasteiger partial charge in [0, 0.05) is 20.1 Å². The normalized spacial score (nSPS) is 11.3. The van der Waals surface area contributed by atoms with Gasteiger partial charge in [-0.1, -0.05) is 0 Å². The fraction of sp³-hybridized carbons (Fsp3) is 0.353. The Balaban J connectivity index is 0.00000200. The summed E-state index contributed by atoms with van der Waals surface area (Å²) in [5, 5.41) is 0. The van der Waals surface area contributed by atoms with Crippen molar-refractivity contribution in [2.24, 2.45) is 0 Å². The zero-order valence-corrected chi connectivity index (χ0v) is 17.3. The van der Waals surface area contributed by atoms with Gasteiger partial charge in [-0.3, -0.25) is 0 Å². The molecule has 1 heterocycles. The average Bonchev–Trinajstić information content (AvgIpc) is 2.38. The van der Waals surface area contributed by atoms with E-state index in [0.29, 0.717) is 5.92 Å². The number of hydrogen-bond donors (Lipinski definition) is 0. The molecule has 0 atom stereocenters. The van der Waals surface area contributed by atoms with Crippen LogP contribution in [0.3, 0.4) is 0 Å². The van der Waals surface area contributed by atoms with Crippen molar-refractivity contribution in [3.05, 3.63) is 48.2 Å². The van der Waals surface area contributed by atoms with Crippen LogP contribution in [-0.2, 0) is 20.1 Å². The summed E-state index contributed by atoms with van der Waals surface area (Å²) in [7, 11) is 0. The Morgan fingerprint density at radius 1 is 1.15 bits per heavy atom. The third-order valence-electron chi connectivity index (χ3n) is 3.35. The van der Waals surface area contributed by atoms with Crippen LogP contribution in [-0.4, -0.2) is 18.3 Å². The second kappa shape index (κ2) is 7.02. The van der Waals surface area contributed by atoms with Gasteiger partial charge in [-0.15, -0.1) is 0 Å². The molecule has 1 radical (unpaired) electrons. The van der Waals surface area contributed by atoms with Crippen molar-refractivity contribution in [3.63, 3.8) is 0 Å². The van der Waals surface area contributed by atoms with E-state index in [0.717, 1.165) is 11.3 Å². The molecule has 0 N–H and O–H groups in total. The maximum Gasteiger partial charge on any atom is 0 e. The molecule has 0 aliphatic heterocycles. The molecule has 1 nitrogen and oxygen atoms in total. The molecule has 0 saturated heterocycles. The van der Waals surface area contributed by atoms with Crippen LogP contribution in [0.25, 0.3) is 11.3 Å². The van der Waals surface area contributed by atoms with Crippen molar-refractivity contribution in [1.82, 2.24) is 4.98 Å². The van der Waals surface area contributed by atoms with Gasteiger partial charge in [0.2, 0.25) is 0 Å². The summed E-state index contributed by atoms with van der Waals surface area (Å²) in [5.74, 6) is 7.83. The predicted octanol–water partition coefficient (Wildman–Crippen LogP) is 4.21. The van der Waals surface area contributed by atoms with Crippen molar-refractivity contribution in [2.45, 2.75) is 37.0 Å². The standard InChI is InChI=1S/C17H22GeN.Ir/c1-13(2)15-11-17(14-9-7-6-8-10-14)19-12-16(15)18(3,4)5;/h6-9,11-13H,1-5H3;/q-1;. The number of aromatic nitrogens is 1. The van der Waals surface area contributed by atoms with E-state index in [1.165, 1.54) is 9.96 Å². The number of hydrogen-bond acceptors (Lipinski definition) is 1. The smallest absolute Gasteiger partial charge is 0 e. The summed E-state index contributed by atoms with van der Waals surface area (Å²) < 4.78 is 1.52. The van der Waals surface area contributed by atoms with Gasteiger partial charge in [-0.25, -0.2) is 0 Å². The number of rotatable bonds is 3. The number of benzene rings is 1. The van der Waals surface area contributed by atoms with Gasteiger partial charge in [-0.05, 0) is 0 Å². The first-order valence-electron chi connectivity index (χ1n) is 6.87. The van der Waals surface area contributed by atoms with E-state index in [4.69, 9.17) is 0 Å². The second-order valence-electron chi connectivity index (χ2n) is 6.34. The molecule has 0 saturated carbocycles. The first-order valence-corrected chi connectivity index (χ1v) is 14.2. The molecule has 3 heteroatoms. The van der Waals surface area contributed by atoms with Gasteiger partial charge in [-0.2, -0.15) is 0 Å². The van der Waals surface area contributed by atoms with Gasteiger partial charge in [0.15, 0.2) is 0 Å². The monoisotopic (exact) mass is 507 g/mol. The van der Waals surface area contributed by atoms with Gasteiger partial charge in [0.1, 0.15) is 0 Å². The Morgan fingerprint density at radius 2 is 1.85 bits per heavy atom. The summed E-state index contributed by atoms with van der Waals surface area (Å²) >= 11 is -1.85. The third-order valence-corrected chi connectivity index (χ3v) is 7.62. The topological polar surface area (TPSA) is 12.9 Å². The van der Waals surface area contributed by atoms with Crippen molar-refractivity contribution in [1.29, 1.82) is 0 Å². The fourth-order valence-electron chi connectivity index (χ4n) is 2.28. The van der Waals surface area contributed by atoms with Crippen molar-refractivity contribution in [3.8, 4) is 11.3 Å². The van der Waals surface area contributed by atoms with E-state index < -0.39 is 13.3 Å². The molecule has 0 spiro atoms. The molecule has 0 aliphatic rings. The maximum atomic E-state index is 4.67. The van der Waals surface area contributed by atoms with Crippen LogP contribution >= 0.6 is 0 Å². The predicted molar refractivity (Wildman–Crippen MR) is 85.6 cm³/mol. The van der Waals surface area contributed by atoms with Crippen LogP contribution in [0.5, 0.6) is 0 Å². The van der Waals surface area contributed by atoms with E-state index in [-0.39, 0.29) is 20.1 Å². The minimum Gasteiger partial charge on any atom is 0 e. The van der Waals surface area contributed by atoms with Crippen LogP contribution in [0, 0.1) is 6.07 Å². The van der Waals surface area contributed by atoms with E-state index in [1.54, 1.807) is 0 Å². The summed E-state index contributed by atoms with van der Waals surface area (Å²) in [6.07, 6.45) is 2.12. The third kappa shape index (κ3) is 4.03. The van der Waals surface area contributed by atoms with Crippen LogP contribution in [0.4, 0.5) is 0 Å². The van der Waals surface area contributed by atoms with Gasteiger partial charge in [0.05, 0.1) is 0 Å². The van der Waals surface area contributed by atoms with Crippen LogP contribution in [0.15, 0.2) is 36.5 Å². The molecule has 2 rings (SSSR count). The Labute approximate surface area is 138 Å². The van der Waals surface area contributed by atoms with Crippen LogP contribution in [0.1, 0.15) is 25.3 Å². The molecule has 109 valence electrons. The minimum atomic E-state index is -1.85. The molecule has 1 aromatic heterocycles. The average molecular weight is 505 g/mol. The summed E-state index contributed by atoms with van der Waals surface area (Å²) in [6.45, 7) is 4.54. The molecule has 0 bridgehead atoms. The molecule has 0 unspecified atom stereocenters. The van der Waals surface area contributed by atoms with E-state index in [1.807, 2.05) is 18.2 Å². The Bertz CT molecular complexity index is 559. The molecule has 1 aromatic carbocycles. The van der Waals surface area contributed by atoms with E-state index in [9.17, 15) is 0 Å². The molecule has 0 aliphatic carbocycles. The Kier molecular flexibility index (Phi) is 6.18. The molecular weight excluding hydrogens is 483 g/mol. The van der Waals surface area contributed by atoms with Crippen molar-refractivity contribution < 1.29 is 20.1 Å². The Hall–Kier alpha value is -0.438. The summed E-state index contributed by atoms with van der Waals surface area (Å²) in [6, 6.07) is 13.6. The fourth-order valence-corrected chi connectivity index (χ4v) is 5.80. The molecule has 0 fully saturated rings. The van der Waals surface area contributed by atoms with Crippen molar-refractivity contribution >= 4 is 17.7 Å². The summed E-state index contributed by atoms with van der Waals surface area (Å²) in [5.41, 5.74) is 3.59. The molecule has 20 heavy (non-hydrogen) atoms. The first-order chi connectivity index (χ1) is 8.89. The molecule has 2 aromatic rings. The SMILES string of the molecule is CC(C)c1cc(-c2[c-]cccc2)nc[c]1[Ge]([CH3])([CH3])[CH3].[Ir]. The van der Waals surface area contributed by atoms with Gasteiger partial charge in [0.25, 0.3) is 0 Å². The van der Waals surface area contributed by atoms with Gasteiger partial charge < -0.3 is 0 Å². The van der Waals surface area contributed by atoms with Crippen LogP contribution in [0.2, 0.25) is 17.3 Å². The zero-order chi connectivity index (χ0) is 14.0. The molecule has 0 amide bonds. The molecular formula is C17H22GeIrN-. The van der Waals surface area contributed by atoms with Crippen LogP contribution < -0.4 is 4.40 Å². The second-order valence-corrected chi connectivity index (χ2v) is 16.9. The number of pyridine rings is 1. The Morgan fingerprint density at radius 3 is 2.35 bits per heavy atom. The van der Waals surface area contributed by atoms with E-state index in [2.05, 4.69) is 60.5 Å². The minimum absolute atomic E-state index is 0.